The van der Waals surface area contributed by atoms with E-state index in [1.165, 1.54) is 12.1 Å². The molecule has 0 bridgehead atoms. The third kappa shape index (κ3) is 4.42. The molecule has 1 aromatic rings. The average Bonchev–Trinajstić information content (AvgIpc) is 2.38. The summed E-state index contributed by atoms with van der Waals surface area (Å²) in [4.78, 5) is 24.8. The van der Waals surface area contributed by atoms with Gasteiger partial charge in [-0.3, -0.25) is 0 Å². The quantitative estimate of drug-likeness (QED) is 0.776. The van der Waals surface area contributed by atoms with Gasteiger partial charge in [-0.2, -0.15) is 0 Å². The Hall–Kier alpha value is -2.15. The van der Waals surface area contributed by atoms with Gasteiger partial charge in [0.05, 0.1) is 11.3 Å². The molecule has 0 aliphatic carbocycles. The third-order valence-electron chi connectivity index (χ3n) is 3.37. The molecule has 116 valence electrons. The van der Waals surface area contributed by atoms with Gasteiger partial charge in [-0.25, -0.2) is 14.0 Å². The van der Waals surface area contributed by atoms with Crippen molar-refractivity contribution in [1.29, 1.82) is 0 Å². The van der Waals surface area contributed by atoms with Crippen LogP contribution in [0.2, 0.25) is 0 Å². The first-order valence-corrected chi connectivity index (χ1v) is 6.39. The van der Waals surface area contributed by atoms with Gasteiger partial charge in [-0.15, -0.1) is 0 Å². The number of nitrogens with one attached hydrogen (secondary N) is 2. The third-order valence-corrected chi connectivity index (χ3v) is 3.37. The zero-order valence-corrected chi connectivity index (χ0v) is 12.5. The minimum atomic E-state index is -1.31. The molecule has 0 aliphatic heterocycles. The van der Waals surface area contributed by atoms with Crippen molar-refractivity contribution in [3.05, 3.63) is 29.6 Å². The number of para-hydroxylation sites is 1. The fraction of sp³-hybridized carbons (Fsp3) is 0.429. The number of urea groups is 1. The first-order valence-electron chi connectivity index (χ1n) is 6.39. The van der Waals surface area contributed by atoms with E-state index < -0.39 is 17.8 Å². The lowest BCUT2D eigenvalue weighted by atomic mass is 10.0. The molecule has 0 atom stereocenters. The van der Waals surface area contributed by atoms with Crippen molar-refractivity contribution >= 4 is 17.7 Å². The molecule has 0 unspecified atom stereocenters. The number of halogens is 1. The Morgan fingerprint density at radius 1 is 1.33 bits per heavy atom. The van der Waals surface area contributed by atoms with Crippen LogP contribution in [0.4, 0.5) is 14.9 Å². The summed E-state index contributed by atoms with van der Waals surface area (Å²) >= 11 is 0. The number of likely N-dealkylation sites (N-methyl/N-ethyl adjacent to an activating group) is 1. The molecule has 3 N–H and O–H groups in total. The molecular weight excluding hydrogens is 277 g/mol. The predicted octanol–water partition coefficient (Wildman–Crippen LogP) is 1.99. The summed E-state index contributed by atoms with van der Waals surface area (Å²) in [5.41, 5.74) is -0.926. The van der Waals surface area contributed by atoms with Gasteiger partial charge in [0.1, 0.15) is 5.82 Å². The fourth-order valence-electron chi connectivity index (χ4n) is 1.44. The number of hydrogen-bond acceptors (Lipinski definition) is 3. The maximum atomic E-state index is 13.7. The van der Waals surface area contributed by atoms with Gasteiger partial charge >= 0.3 is 12.0 Å². The van der Waals surface area contributed by atoms with Crippen molar-refractivity contribution in [3.63, 3.8) is 0 Å². The van der Waals surface area contributed by atoms with Crippen molar-refractivity contribution in [3.8, 4) is 0 Å². The van der Waals surface area contributed by atoms with Gasteiger partial charge in [0.2, 0.25) is 0 Å². The summed E-state index contributed by atoms with van der Waals surface area (Å²) < 4.78 is 13.7. The highest BCUT2D eigenvalue weighted by Gasteiger charge is 2.22. The van der Waals surface area contributed by atoms with Gasteiger partial charge in [-0.1, -0.05) is 6.07 Å². The zero-order valence-electron chi connectivity index (χ0n) is 12.5. The van der Waals surface area contributed by atoms with E-state index in [4.69, 9.17) is 5.11 Å². The van der Waals surface area contributed by atoms with Crippen LogP contribution in [0.25, 0.3) is 0 Å². The number of amides is 2. The van der Waals surface area contributed by atoms with E-state index >= 15 is 0 Å². The van der Waals surface area contributed by atoms with E-state index in [0.717, 1.165) is 6.07 Å². The topological polar surface area (TPSA) is 81.7 Å². The van der Waals surface area contributed by atoms with Crippen LogP contribution in [-0.4, -0.2) is 48.2 Å². The minimum Gasteiger partial charge on any atom is -0.478 e. The molecule has 0 radical (unpaired) electrons. The number of carbonyl (C=O) groups is 2. The Balaban J connectivity index is 2.79. The summed E-state index contributed by atoms with van der Waals surface area (Å²) in [6.45, 7) is 4.18. The smallest absolute Gasteiger partial charge is 0.337 e. The molecule has 0 fully saturated rings. The second-order valence-electron chi connectivity index (χ2n) is 5.48. The van der Waals surface area contributed by atoms with Crippen molar-refractivity contribution < 1.29 is 19.1 Å². The highest BCUT2D eigenvalue weighted by molar-refractivity contribution is 6.00. The number of aromatic carboxylic acids is 1. The molecule has 2 amide bonds. The second-order valence-corrected chi connectivity index (χ2v) is 5.48. The maximum absolute atomic E-state index is 13.7. The molecule has 0 saturated carbocycles. The molecule has 21 heavy (non-hydrogen) atoms. The second kappa shape index (κ2) is 6.53. The molecular formula is C14H20FN3O3. The van der Waals surface area contributed by atoms with Crippen LogP contribution in [0, 0.1) is 5.82 Å². The van der Waals surface area contributed by atoms with E-state index in [1.807, 2.05) is 32.8 Å². The van der Waals surface area contributed by atoms with Gasteiger partial charge < -0.3 is 20.6 Å². The number of benzene rings is 1. The average molecular weight is 297 g/mol. The van der Waals surface area contributed by atoms with E-state index in [0.29, 0.717) is 6.54 Å². The Morgan fingerprint density at radius 3 is 2.48 bits per heavy atom. The first-order chi connectivity index (χ1) is 9.65. The van der Waals surface area contributed by atoms with Crippen LogP contribution in [0.5, 0.6) is 0 Å². The molecule has 1 aromatic carbocycles. The Morgan fingerprint density at radius 2 is 1.95 bits per heavy atom. The molecule has 6 nitrogen and oxygen atoms in total. The molecule has 0 heterocycles. The lowest BCUT2D eigenvalue weighted by molar-refractivity contribution is 0.0697. The Bertz CT molecular complexity index is 544. The number of carboxylic acid groups (broad SMARTS) is 1. The maximum Gasteiger partial charge on any atom is 0.337 e. The molecule has 0 aliphatic rings. The number of rotatable bonds is 5. The van der Waals surface area contributed by atoms with E-state index in [-0.39, 0.29) is 16.8 Å². The largest absolute Gasteiger partial charge is 0.478 e. The van der Waals surface area contributed by atoms with Crippen LogP contribution in [0.1, 0.15) is 24.2 Å². The highest BCUT2D eigenvalue weighted by atomic mass is 19.1. The van der Waals surface area contributed by atoms with Gasteiger partial charge in [-0.05, 0) is 40.1 Å². The van der Waals surface area contributed by atoms with Crippen molar-refractivity contribution in [2.45, 2.75) is 19.4 Å². The lowest BCUT2D eigenvalue weighted by Gasteiger charge is -2.32. The number of anilines is 1. The Labute approximate surface area is 122 Å². The monoisotopic (exact) mass is 297 g/mol. The molecule has 0 saturated heterocycles. The minimum absolute atomic E-state index is 0.289. The van der Waals surface area contributed by atoms with Crippen molar-refractivity contribution in [1.82, 2.24) is 10.2 Å². The van der Waals surface area contributed by atoms with Crippen molar-refractivity contribution in [2.24, 2.45) is 0 Å². The predicted molar refractivity (Wildman–Crippen MR) is 78.1 cm³/mol. The number of carbonyl (C=O) groups excluding carboxylic acids is 1. The summed E-state index contributed by atoms with van der Waals surface area (Å²) in [5.74, 6) is -2.10. The van der Waals surface area contributed by atoms with Gasteiger partial charge in [0.15, 0.2) is 0 Å². The number of hydrogen-bond donors (Lipinski definition) is 3. The Kier molecular flexibility index (Phi) is 5.26. The summed E-state index contributed by atoms with van der Waals surface area (Å²) in [6.07, 6.45) is 0. The molecule has 0 spiro atoms. The normalized spacial score (nSPS) is 11.3. The molecule has 1 rings (SSSR count). The van der Waals surface area contributed by atoms with E-state index in [1.54, 1.807) is 0 Å². The fourth-order valence-corrected chi connectivity index (χ4v) is 1.44. The molecule has 0 aromatic heterocycles. The van der Waals surface area contributed by atoms with Gasteiger partial charge in [0.25, 0.3) is 0 Å². The summed E-state index contributed by atoms with van der Waals surface area (Å²) in [6, 6.07) is 2.94. The zero-order chi connectivity index (χ0) is 16.2. The summed E-state index contributed by atoms with van der Waals surface area (Å²) in [5, 5.41) is 13.8. The van der Waals surface area contributed by atoms with Crippen LogP contribution < -0.4 is 10.6 Å². The van der Waals surface area contributed by atoms with Crippen LogP contribution in [0.15, 0.2) is 18.2 Å². The molecule has 7 heteroatoms. The van der Waals surface area contributed by atoms with E-state index in [9.17, 15) is 14.0 Å². The SMILES string of the molecule is CN(C)C(C)(C)CNC(=O)Nc1c(F)cccc1C(=O)O. The lowest BCUT2D eigenvalue weighted by Crippen LogP contribution is -2.49. The van der Waals surface area contributed by atoms with Crippen LogP contribution in [-0.2, 0) is 0 Å². The van der Waals surface area contributed by atoms with Crippen molar-refractivity contribution in [2.75, 3.05) is 26.0 Å². The number of nitrogens with zero attached hydrogens (tertiary/aromatic N) is 1. The van der Waals surface area contributed by atoms with Crippen LogP contribution in [0.3, 0.4) is 0 Å². The first kappa shape index (κ1) is 16.9. The highest BCUT2D eigenvalue weighted by Crippen LogP contribution is 2.19. The number of carboxylic acids is 1. The van der Waals surface area contributed by atoms with Gasteiger partial charge in [0, 0.05) is 12.1 Å². The van der Waals surface area contributed by atoms with E-state index in [2.05, 4.69) is 10.6 Å². The summed E-state index contributed by atoms with van der Waals surface area (Å²) in [7, 11) is 3.75. The van der Waals surface area contributed by atoms with Crippen LogP contribution >= 0.6 is 0 Å². The standard InChI is InChI=1S/C14H20FN3O3/c1-14(2,18(3)4)8-16-13(21)17-11-9(12(19)20)6-5-7-10(11)15/h5-7H,8H2,1-4H3,(H,19,20)(H2,16,17,21).